The number of likely N-dealkylation sites (tertiary alicyclic amines) is 1. The molecule has 4 heteroatoms. The van der Waals surface area contributed by atoms with Gasteiger partial charge in [-0.05, 0) is 23.5 Å². The van der Waals surface area contributed by atoms with E-state index < -0.39 is 5.97 Å². The van der Waals surface area contributed by atoms with Gasteiger partial charge < -0.3 is 9.84 Å². The molecule has 1 fully saturated rings. The van der Waals surface area contributed by atoms with Crippen molar-refractivity contribution in [1.29, 1.82) is 0 Å². The van der Waals surface area contributed by atoms with Gasteiger partial charge in [0, 0.05) is 6.54 Å². The van der Waals surface area contributed by atoms with Crippen molar-refractivity contribution in [2.24, 2.45) is 5.92 Å². The standard InChI is InChI=1S/C15H19NO3/c1-10-6-7-16(14(10)15(17)18)13-9-19-8-11-4-2-3-5-12(11)13/h2-5,10,13-14H,6-9H2,1H3,(H,17,18). The quantitative estimate of drug-likeness (QED) is 0.885. The average Bonchev–Trinajstić information content (AvgIpc) is 2.80. The Bertz CT molecular complexity index is 488. The maximum Gasteiger partial charge on any atom is 0.321 e. The number of carboxylic acids is 1. The van der Waals surface area contributed by atoms with Crippen LogP contribution in [0.15, 0.2) is 24.3 Å². The van der Waals surface area contributed by atoms with E-state index in [1.54, 1.807) is 0 Å². The molecule has 1 N–H and O–H groups in total. The second-order valence-corrected chi connectivity index (χ2v) is 5.52. The third-order valence-electron chi connectivity index (χ3n) is 4.34. The van der Waals surface area contributed by atoms with Gasteiger partial charge in [-0.1, -0.05) is 31.2 Å². The van der Waals surface area contributed by atoms with Gasteiger partial charge in [-0.3, -0.25) is 9.69 Å². The van der Waals surface area contributed by atoms with Crippen LogP contribution in [-0.2, 0) is 16.1 Å². The summed E-state index contributed by atoms with van der Waals surface area (Å²) in [5.74, 6) is -0.514. The zero-order valence-corrected chi connectivity index (χ0v) is 11.1. The Morgan fingerprint density at radius 2 is 2.21 bits per heavy atom. The summed E-state index contributed by atoms with van der Waals surface area (Å²) in [6.07, 6.45) is 0.940. The first kappa shape index (κ1) is 12.6. The van der Waals surface area contributed by atoms with Crippen LogP contribution in [0.2, 0.25) is 0 Å². The highest BCUT2D eigenvalue weighted by molar-refractivity contribution is 5.74. The Hall–Kier alpha value is -1.39. The van der Waals surface area contributed by atoms with E-state index in [9.17, 15) is 9.90 Å². The van der Waals surface area contributed by atoms with E-state index >= 15 is 0 Å². The van der Waals surface area contributed by atoms with Crippen molar-refractivity contribution in [3.63, 3.8) is 0 Å². The van der Waals surface area contributed by atoms with Gasteiger partial charge in [-0.2, -0.15) is 0 Å². The van der Waals surface area contributed by atoms with E-state index in [1.165, 1.54) is 11.1 Å². The molecule has 0 aliphatic carbocycles. The molecule has 2 aliphatic rings. The molecule has 1 aromatic rings. The van der Waals surface area contributed by atoms with Crippen LogP contribution in [0.1, 0.15) is 30.5 Å². The molecule has 4 nitrogen and oxygen atoms in total. The number of benzene rings is 1. The molecule has 0 bridgehead atoms. The van der Waals surface area contributed by atoms with Crippen LogP contribution in [-0.4, -0.2) is 35.2 Å². The number of hydrogen-bond acceptors (Lipinski definition) is 3. The minimum atomic E-state index is -0.715. The molecule has 3 rings (SSSR count). The van der Waals surface area contributed by atoms with Crippen molar-refractivity contribution >= 4 is 5.97 Å². The van der Waals surface area contributed by atoms with Crippen molar-refractivity contribution in [3.05, 3.63) is 35.4 Å². The number of ether oxygens (including phenoxy) is 1. The molecular formula is C15H19NO3. The van der Waals surface area contributed by atoms with Crippen LogP contribution < -0.4 is 0 Å². The lowest BCUT2D eigenvalue weighted by Gasteiger charge is -2.36. The molecule has 0 radical (unpaired) electrons. The third-order valence-corrected chi connectivity index (χ3v) is 4.34. The summed E-state index contributed by atoms with van der Waals surface area (Å²) in [5, 5.41) is 9.45. The highest BCUT2D eigenvalue weighted by Crippen LogP contribution is 2.36. The van der Waals surface area contributed by atoms with E-state index in [0.29, 0.717) is 13.2 Å². The molecule has 2 aliphatic heterocycles. The Balaban J connectivity index is 1.93. The molecular weight excluding hydrogens is 242 g/mol. The minimum absolute atomic E-state index is 0.0796. The number of rotatable bonds is 2. The number of aliphatic carboxylic acids is 1. The highest BCUT2D eigenvalue weighted by Gasteiger charge is 2.42. The lowest BCUT2D eigenvalue weighted by atomic mass is 9.96. The molecule has 3 atom stereocenters. The molecule has 1 aromatic carbocycles. The van der Waals surface area contributed by atoms with Gasteiger partial charge in [-0.25, -0.2) is 0 Å². The zero-order chi connectivity index (χ0) is 13.4. The van der Waals surface area contributed by atoms with Crippen molar-refractivity contribution in [2.75, 3.05) is 13.2 Å². The third kappa shape index (κ3) is 2.15. The predicted molar refractivity (Wildman–Crippen MR) is 70.7 cm³/mol. The Morgan fingerprint density at radius 3 is 3.00 bits per heavy atom. The lowest BCUT2D eigenvalue weighted by molar-refractivity contribution is -0.145. The normalized spacial score (nSPS) is 31.1. The Labute approximate surface area is 113 Å². The fourth-order valence-corrected chi connectivity index (χ4v) is 3.35. The van der Waals surface area contributed by atoms with E-state index in [0.717, 1.165) is 13.0 Å². The first-order valence-electron chi connectivity index (χ1n) is 6.82. The zero-order valence-electron chi connectivity index (χ0n) is 11.1. The first-order chi connectivity index (χ1) is 9.18. The molecule has 1 saturated heterocycles. The fourth-order valence-electron chi connectivity index (χ4n) is 3.35. The molecule has 0 amide bonds. The van der Waals surface area contributed by atoms with E-state index in [2.05, 4.69) is 17.0 Å². The highest BCUT2D eigenvalue weighted by atomic mass is 16.5. The summed E-state index contributed by atoms with van der Waals surface area (Å²) in [7, 11) is 0. The Kier molecular flexibility index (Phi) is 3.29. The van der Waals surface area contributed by atoms with Crippen LogP contribution in [0.4, 0.5) is 0 Å². The van der Waals surface area contributed by atoms with Crippen LogP contribution in [0.5, 0.6) is 0 Å². The molecule has 2 heterocycles. The molecule has 19 heavy (non-hydrogen) atoms. The smallest absolute Gasteiger partial charge is 0.321 e. The minimum Gasteiger partial charge on any atom is -0.480 e. The summed E-state index contributed by atoms with van der Waals surface area (Å²) >= 11 is 0. The molecule has 0 saturated carbocycles. The van der Waals surface area contributed by atoms with Crippen LogP contribution in [0.25, 0.3) is 0 Å². The van der Waals surface area contributed by atoms with Crippen LogP contribution in [0.3, 0.4) is 0 Å². The lowest BCUT2D eigenvalue weighted by Crippen LogP contribution is -2.43. The van der Waals surface area contributed by atoms with Crippen molar-refractivity contribution in [3.8, 4) is 0 Å². The molecule has 3 unspecified atom stereocenters. The van der Waals surface area contributed by atoms with Gasteiger partial charge >= 0.3 is 5.97 Å². The van der Waals surface area contributed by atoms with Gasteiger partial charge in [0.1, 0.15) is 6.04 Å². The molecule has 102 valence electrons. The second-order valence-electron chi connectivity index (χ2n) is 5.52. The summed E-state index contributed by atoms with van der Waals surface area (Å²) < 4.78 is 5.65. The number of hydrogen-bond donors (Lipinski definition) is 1. The Morgan fingerprint density at radius 1 is 1.42 bits per heavy atom. The molecule has 0 aromatic heterocycles. The van der Waals surface area contributed by atoms with E-state index in [1.807, 2.05) is 19.1 Å². The maximum atomic E-state index is 11.5. The number of fused-ring (bicyclic) bond motifs is 1. The van der Waals surface area contributed by atoms with Gasteiger partial charge in [0.2, 0.25) is 0 Å². The maximum absolute atomic E-state index is 11.5. The van der Waals surface area contributed by atoms with Crippen molar-refractivity contribution in [2.45, 2.75) is 32.0 Å². The predicted octanol–water partition coefficient (Wildman–Crippen LogP) is 2.05. The van der Waals surface area contributed by atoms with Crippen molar-refractivity contribution in [1.82, 2.24) is 4.90 Å². The monoisotopic (exact) mass is 261 g/mol. The van der Waals surface area contributed by atoms with Crippen LogP contribution >= 0.6 is 0 Å². The van der Waals surface area contributed by atoms with Gasteiger partial charge in [0.05, 0.1) is 19.3 Å². The second kappa shape index (κ2) is 4.94. The van der Waals surface area contributed by atoms with Gasteiger partial charge in [-0.15, -0.1) is 0 Å². The van der Waals surface area contributed by atoms with Gasteiger partial charge in [0.15, 0.2) is 0 Å². The average molecular weight is 261 g/mol. The van der Waals surface area contributed by atoms with Crippen LogP contribution in [0, 0.1) is 5.92 Å². The summed E-state index contributed by atoms with van der Waals surface area (Å²) in [6, 6.07) is 7.88. The first-order valence-corrected chi connectivity index (χ1v) is 6.82. The van der Waals surface area contributed by atoms with E-state index in [-0.39, 0.29) is 18.0 Å². The summed E-state index contributed by atoms with van der Waals surface area (Å²) in [5.41, 5.74) is 2.41. The fraction of sp³-hybridized carbons (Fsp3) is 0.533. The number of carboxylic acid groups (broad SMARTS) is 1. The largest absolute Gasteiger partial charge is 0.480 e. The SMILES string of the molecule is CC1CCN(C2COCc3ccccc32)C1C(=O)O. The number of carbonyl (C=O) groups is 1. The van der Waals surface area contributed by atoms with Gasteiger partial charge in [0.25, 0.3) is 0 Å². The van der Waals surface area contributed by atoms with E-state index in [4.69, 9.17) is 4.74 Å². The number of nitrogens with zero attached hydrogens (tertiary/aromatic N) is 1. The summed E-state index contributed by atoms with van der Waals surface area (Å²) in [6.45, 7) is 4.08. The van der Waals surface area contributed by atoms with Crippen molar-refractivity contribution < 1.29 is 14.6 Å². The topological polar surface area (TPSA) is 49.8 Å². The summed E-state index contributed by atoms with van der Waals surface area (Å²) in [4.78, 5) is 13.6. The molecule has 0 spiro atoms.